The third-order valence-electron chi connectivity index (χ3n) is 3.56. The molecule has 2 aromatic rings. The Hall–Kier alpha value is -1.76. The van der Waals surface area contributed by atoms with E-state index >= 15 is 0 Å². The maximum Gasteiger partial charge on any atom is 0.206 e. The van der Waals surface area contributed by atoms with Gasteiger partial charge in [0, 0.05) is 10.7 Å². The highest BCUT2D eigenvalue weighted by Crippen LogP contribution is 2.27. The second-order valence-electron chi connectivity index (χ2n) is 5.13. The van der Waals surface area contributed by atoms with E-state index in [0.717, 1.165) is 11.3 Å². The quantitative estimate of drug-likeness (QED) is 0.780. The van der Waals surface area contributed by atoms with E-state index < -0.39 is 9.84 Å². The van der Waals surface area contributed by atoms with E-state index in [1.54, 1.807) is 54.6 Å². The molecule has 0 spiro atoms. The van der Waals surface area contributed by atoms with Crippen molar-refractivity contribution in [1.82, 2.24) is 0 Å². The highest BCUT2D eigenvalue weighted by Gasteiger charge is 2.20. The standard InChI is InChI=1S/C16H13ClN2O2S2/c1-11-8-14(6-7-15(11)17)23(20,21)13-4-2-12(3-5-13)19-10-18-9-16(19)22/h2-8,10H,9H2,1H3. The van der Waals surface area contributed by atoms with E-state index in [-0.39, 0.29) is 9.79 Å². The highest BCUT2D eigenvalue weighted by molar-refractivity contribution is 7.91. The molecular formula is C16H13ClN2O2S2. The van der Waals surface area contributed by atoms with Gasteiger partial charge in [-0.2, -0.15) is 0 Å². The first-order valence-electron chi connectivity index (χ1n) is 6.83. The lowest BCUT2D eigenvalue weighted by molar-refractivity contribution is 0.596. The minimum Gasteiger partial charge on any atom is -0.294 e. The summed E-state index contributed by atoms with van der Waals surface area (Å²) in [5.74, 6) is 0. The number of aryl methyl sites for hydroxylation is 1. The molecule has 0 N–H and O–H groups in total. The molecule has 4 nitrogen and oxygen atoms in total. The lowest BCUT2D eigenvalue weighted by Crippen LogP contribution is -2.23. The van der Waals surface area contributed by atoms with Gasteiger partial charge in [0.2, 0.25) is 9.84 Å². The van der Waals surface area contributed by atoms with Crippen LogP contribution in [0.1, 0.15) is 5.56 Å². The minimum absolute atomic E-state index is 0.227. The molecule has 1 aliphatic heterocycles. The summed E-state index contributed by atoms with van der Waals surface area (Å²) >= 11 is 11.2. The third-order valence-corrected chi connectivity index (χ3v) is 6.07. The van der Waals surface area contributed by atoms with Crippen molar-refractivity contribution in [3.05, 3.63) is 53.1 Å². The summed E-state index contributed by atoms with van der Waals surface area (Å²) in [4.78, 5) is 6.99. The van der Waals surface area contributed by atoms with Crippen molar-refractivity contribution < 1.29 is 8.42 Å². The Labute approximate surface area is 145 Å². The molecule has 0 amide bonds. The van der Waals surface area contributed by atoms with E-state index in [2.05, 4.69) is 4.99 Å². The molecule has 3 rings (SSSR count). The fraction of sp³-hybridized carbons (Fsp3) is 0.125. The summed E-state index contributed by atoms with van der Waals surface area (Å²) in [5, 5.41) is 0.543. The number of benzene rings is 2. The summed E-state index contributed by atoms with van der Waals surface area (Å²) in [7, 11) is -3.58. The Morgan fingerprint density at radius 3 is 2.35 bits per heavy atom. The molecular weight excluding hydrogens is 352 g/mol. The van der Waals surface area contributed by atoms with E-state index in [4.69, 9.17) is 23.8 Å². The van der Waals surface area contributed by atoms with Crippen LogP contribution in [0, 0.1) is 6.92 Å². The number of anilines is 1. The van der Waals surface area contributed by atoms with Gasteiger partial charge in [-0.05, 0) is 55.0 Å². The molecule has 0 unspecified atom stereocenters. The Balaban J connectivity index is 1.96. The molecule has 0 atom stereocenters. The maximum absolute atomic E-state index is 12.7. The van der Waals surface area contributed by atoms with E-state index in [9.17, 15) is 8.42 Å². The smallest absolute Gasteiger partial charge is 0.206 e. The van der Waals surface area contributed by atoms with Gasteiger partial charge in [0.25, 0.3) is 0 Å². The Kier molecular flexibility index (Phi) is 4.23. The minimum atomic E-state index is -3.58. The molecule has 0 aliphatic carbocycles. The lowest BCUT2D eigenvalue weighted by Gasteiger charge is -2.15. The zero-order valence-electron chi connectivity index (χ0n) is 12.2. The van der Waals surface area contributed by atoms with Crippen molar-refractivity contribution in [3.63, 3.8) is 0 Å². The van der Waals surface area contributed by atoms with Crippen LogP contribution in [-0.2, 0) is 9.84 Å². The summed E-state index contributed by atoms with van der Waals surface area (Å²) < 4.78 is 25.4. The number of nitrogens with zero attached hydrogens (tertiary/aromatic N) is 2. The first-order chi connectivity index (χ1) is 10.9. The van der Waals surface area contributed by atoms with Crippen LogP contribution in [-0.4, -0.2) is 26.3 Å². The molecule has 23 heavy (non-hydrogen) atoms. The number of thiocarbonyl (C=S) groups is 1. The van der Waals surface area contributed by atoms with Gasteiger partial charge in [0.15, 0.2) is 0 Å². The maximum atomic E-state index is 12.7. The predicted molar refractivity (Wildman–Crippen MR) is 96.5 cm³/mol. The average molecular weight is 365 g/mol. The van der Waals surface area contributed by atoms with Crippen molar-refractivity contribution >= 4 is 50.7 Å². The van der Waals surface area contributed by atoms with Gasteiger partial charge < -0.3 is 0 Å². The van der Waals surface area contributed by atoms with Crippen LogP contribution < -0.4 is 4.90 Å². The summed E-state index contributed by atoms with van der Waals surface area (Å²) in [6, 6.07) is 11.3. The first-order valence-corrected chi connectivity index (χ1v) is 9.10. The normalized spacial score (nSPS) is 14.5. The zero-order valence-corrected chi connectivity index (χ0v) is 14.6. The van der Waals surface area contributed by atoms with Gasteiger partial charge >= 0.3 is 0 Å². The molecule has 0 saturated carbocycles. The summed E-state index contributed by atoms with van der Waals surface area (Å²) in [5.41, 5.74) is 1.52. The number of sulfone groups is 1. The molecule has 118 valence electrons. The van der Waals surface area contributed by atoms with Crippen LogP contribution in [0.15, 0.2) is 57.2 Å². The molecule has 0 aromatic heterocycles. The molecule has 0 bridgehead atoms. The van der Waals surface area contributed by atoms with Crippen molar-refractivity contribution in [3.8, 4) is 0 Å². The van der Waals surface area contributed by atoms with Gasteiger partial charge in [-0.3, -0.25) is 9.89 Å². The SMILES string of the molecule is Cc1cc(S(=O)(=O)c2ccc(N3C=NCC3=S)cc2)ccc1Cl. The van der Waals surface area contributed by atoms with Gasteiger partial charge in [-0.25, -0.2) is 8.42 Å². The van der Waals surface area contributed by atoms with Gasteiger partial charge in [-0.1, -0.05) is 23.8 Å². The fourth-order valence-electron chi connectivity index (χ4n) is 2.26. The molecule has 0 saturated heterocycles. The van der Waals surface area contributed by atoms with Crippen molar-refractivity contribution in [2.45, 2.75) is 16.7 Å². The number of halogens is 1. The van der Waals surface area contributed by atoms with Gasteiger partial charge in [0.05, 0.1) is 22.7 Å². The molecule has 2 aromatic carbocycles. The van der Waals surface area contributed by atoms with Crippen LogP contribution in [0.2, 0.25) is 5.02 Å². The van der Waals surface area contributed by atoms with E-state index in [1.165, 1.54) is 6.07 Å². The zero-order chi connectivity index (χ0) is 16.6. The molecule has 0 radical (unpaired) electrons. The summed E-state index contributed by atoms with van der Waals surface area (Å²) in [6.45, 7) is 2.26. The molecule has 7 heteroatoms. The number of rotatable bonds is 3. The van der Waals surface area contributed by atoms with Gasteiger partial charge in [-0.15, -0.1) is 0 Å². The average Bonchev–Trinajstić information content (AvgIpc) is 2.96. The van der Waals surface area contributed by atoms with E-state index in [0.29, 0.717) is 16.6 Å². The number of aliphatic imine (C=N–C) groups is 1. The fourth-order valence-corrected chi connectivity index (χ4v) is 3.95. The second kappa shape index (κ2) is 6.03. The van der Waals surface area contributed by atoms with Crippen LogP contribution in [0.3, 0.4) is 0 Å². The van der Waals surface area contributed by atoms with Gasteiger partial charge in [0.1, 0.15) is 4.99 Å². The largest absolute Gasteiger partial charge is 0.294 e. The van der Waals surface area contributed by atoms with Crippen LogP contribution in [0.25, 0.3) is 0 Å². The third kappa shape index (κ3) is 3.02. The number of hydrogen-bond acceptors (Lipinski definition) is 4. The van der Waals surface area contributed by atoms with Crippen molar-refractivity contribution in [1.29, 1.82) is 0 Å². The molecule has 0 fully saturated rings. The van der Waals surface area contributed by atoms with Crippen LogP contribution >= 0.6 is 23.8 Å². The summed E-state index contributed by atoms with van der Waals surface area (Å²) in [6.07, 6.45) is 1.65. The highest BCUT2D eigenvalue weighted by atomic mass is 35.5. The predicted octanol–water partition coefficient (Wildman–Crippen LogP) is 3.66. The molecule has 1 aliphatic rings. The van der Waals surface area contributed by atoms with Crippen LogP contribution in [0.5, 0.6) is 0 Å². The first kappa shape index (κ1) is 16.1. The second-order valence-corrected chi connectivity index (χ2v) is 7.96. The van der Waals surface area contributed by atoms with Crippen LogP contribution in [0.4, 0.5) is 5.69 Å². The Morgan fingerprint density at radius 2 is 1.78 bits per heavy atom. The number of hydrogen-bond donors (Lipinski definition) is 0. The topological polar surface area (TPSA) is 49.7 Å². The van der Waals surface area contributed by atoms with Crippen molar-refractivity contribution in [2.75, 3.05) is 11.4 Å². The lowest BCUT2D eigenvalue weighted by atomic mass is 10.2. The Morgan fingerprint density at radius 1 is 1.13 bits per heavy atom. The monoisotopic (exact) mass is 364 g/mol. The molecule has 1 heterocycles. The van der Waals surface area contributed by atoms with Crippen molar-refractivity contribution in [2.24, 2.45) is 4.99 Å². The Bertz CT molecular complexity index is 906. The van der Waals surface area contributed by atoms with E-state index in [1.807, 2.05) is 0 Å².